The molecule has 0 saturated carbocycles. The van der Waals surface area contributed by atoms with Gasteiger partial charge in [-0.25, -0.2) is 0 Å². The third kappa shape index (κ3) is 2.90. The Morgan fingerprint density at radius 1 is 1.80 bits per heavy atom. The van der Waals surface area contributed by atoms with Crippen LogP contribution in [0, 0.1) is 0 Å². The molecule has 0 amide bonds. The first kappa shape index (κ1) is 9.03. The zero-order valence-corrected chi connectivity index (χ0v) is 8.62. The van der Waals surface area contributed by atoms with Gasteiger partial charge in [0.25, 0.3) is 0 Å². The van der Waals surface area contributed by atoms with Gasteiger partial charge < -0.3 is 0 Å². The number of rotatable bonds is 1. The molecule has 0 aromatic carbocycles. The zero-order valence-electron chi connectivity index (χ0n) is 5.28. The van der Waals surface area contributed by atoms with Gasteiger partial charge in [-0.3, -0.25) is 4.21 Å². The van der Waals surface area contributed by atoms with Crippen molar-refractivity contribution >= 4 is 50.9 Å². The standard InChI is InChI=1S/C5H8OS4/c6-10-2-1-4(3-10)9-5(7)8/h4H,1-3H2,(H,7,8)/t4-,10?/m0/s1. The van der Waals surface area contributed by atoms with E-state index in [-0.39, 0.29) is 0 Å². The number of thioether (sulfide) groups is 1. The van der Waals surface area contributed by atoms with E-state index in [1.807, 2.05) is 0 Å². The number of thiol groups is 1. The molecule has 1 heterocycles. The summed E-state index contributed by atoms with van der Waals surface area (Å²) in [5.74, 6) is 1.64. The minimum absolute atomic E-state index is 0.464. The van der Waals surface area contributed by atoms with Crippen LogP contribution in [0.25, 0.3) is 0 Å². The van der Waals surface area contributed by atoms with Crippen molar-refractivity contribution in [2.45, 2.75) is 11.7 Å². The van der Waals surface area contributed by atoms with Crippen LogP contribution in [0.2, 0.25) is 0 Å². The average Bonchev–Trinajstić information content (AvgIpc) is 2.13. The monoisotopic (exact) mass is 212 g/mol. The van der Waals surface area contributed by atoms with E-state index in [4.69, 9.17) is 12.2 Å². The average molecular weight is 212 g/mol. The molecule has 1 fully saturated rings. The molecular weight excluding hydrogens is 204 g/mol. The third-order valence-electron chi connectivity index (χ3n) is 1.31. The first-order chi connectivity index (χ1) is 4.68. The first-order valence-electron chi connectivity index (χ1n) is 2.93. The Hall–Kier alpha value is 0.940. The molecule has 5 heteroatoms. The predicted octanol–water partition coefficient (Wildman–Crippen LogP) is 1.46. The van der Waals surface area contributed by atoms with Gasteiger partial charge in [0.15, 0.2) is 0 Å². The summed E-state index contributed by atoms with van der Waals surface area (Å²) in [5, 5.41) is 0.464. The summed E-state index contributed by atoms with van der Waals surface area (Å²) in [6.07, 6.45) is 1.03. The molecule has 1 aliphatic heterocycles. The van der Waals surface area contributed by atoms with Gasteiger partial charge in [0, 0.05) is 27.6 Å². The van der Waals surface area contributed by atoms with Crippen molar-refractivity contribution in [2.75, 3.05) is 11.5 Å². The van der Waals surface area contributed by atoms with Crippen LogP contribution in [0.5, 0.6) is 0 Å². The summed E-state index contributed by atoms with van der Waals surface area (Å²) >= 11 is 10.4. The zero-order chi connectivity index (χ0) is 7.56. The van der Waals surface area contributed by atoms with Crippen LogP contribution < -0.4 is 0 Å². The van der Waals surface area contributed by atoms with E-state index in [1.165, 1.54) is 0 Å². The Kier molecular flexibility index (Phi) is 3.69. The van der Waals surface area contributed by atoms with Crippen LogP contribution in [0.4, 0.5) is 0 Å². The highest BCUT2D eigenvalue weighted by Crippen LogP contribution is 2.24. The van der Waals surface area contributed by atoms with Gasteiger partial charge in [-0.05, 0) is 6.42 Å². The molecule has 2 atom stereocenters. The first-order valence-corrected chi connectivity index (χ1v) is 6.15. The summed E-state index contributed by atoms with van der Waals surface area (Å²) in [6, 6.07) is 0. The van der Waals surface area contributed by atoms with Crippen molar-refractivity contribution < 1.29 is 4.21 Å². The van der Waals surface area contributed by atoms with E-state index in [9.17, 15) is 4.21 Å². The highest BCUT2D eigenvalue weighted by atomic mass is 32.2. The lowest BCUT2D eigenvalue weighted by Gasteiger charge is -2.02. The fraction of sp³-hybridized carbons (Fsp3) is 0.800. The van der Waals surface area contributed by atoms with E-state index in [0.717, 1.165) is 17.9 Å². The topological polar surface area (TPSA) is 17.1 Å². The van der Waals surface area contributed by atoms with Gasteiger partial charge in [0.1, 0.15) is 3.53 Å². The molecule has 0 radical (unpaired) electrons. The van der Waals surface area contributed by atoms with Crippen molar-refractivity contribution in [1.29, 1.82) is 0 Å². The summed E-state index contributed by atoms with van der Waals surface area (Å²) < 4.78 is 11.5. The highest BCUT2D eigenvalue weighted by molar-refractivity contribution is 8.42. The second kappa shape index (κ2) is 4.09. The van der Waals surface area contributed by atoms with E-state index < -0.39 is 10.8 Å². The molecule has 0 aromatic rings. The van der Waals surface area contributed by atoms with Crippen molar-refractivity contribution in [3.05, 3.63) is 0 Å². The molecule has 1 aliphatic rings. The van der Waals surface area contributed by atoms with Gasteiger partial charge in [-0.15, -0.1) is 24.4 Å². The Labute approximate surface area is 78.2 Å². The molecule has 0 bridgehead atoms. The quantitative estimate of drug-likeness (QED) is 0.524. The van der Waals surface area contributed by atoms with Crippen molar-refractivity contribution in [2.24, 2.45) is 0 Å². The summed E-state index contributed by atoms with van der Waals surface area (Å²) in [5.41, 5.74) is 0. The minimum atomic E-state index is -0.584. The maximum atomic E-state index is 10.9. The van der Waals surface area contributed by atoms with Crippen LogP contribution in [0.3, 0.4) is 0 Å². The molecule has 0 N–H and O–H groups in total. The molecule has 0 aliphatic carbocycles. The van der Waals surface area contributed by atoms with Gasteiger partial charge in [0.05, 0.1) is 0 Å². The maximum absolute atomic E-state index is 10.9. The van der Waals surface area contributed by atoms with Crippen molar-refractivity contribution in [3.63, 3.8) is 0 Å². The lowest BCUT2D eigenvalue weighted by atomic mass is 10.4. The Morgan fingerprint density at radius 3 is 2.90 bits per heavy atom. The molecule has 1 saturated heterocycles. The molecule has 10 heavy (non-hydrogen) atoms. The Balaban J connectivity index is 2.31. The Morgan fingerprint density at radius 2 is 2.50 bits per heavy atom. The van der Waals surface area contributed by atoms with E-state index >= 15 is 0 Å². The van der Waals surface area contributed by atoms with Crippen molar-refractivity contribution in [1.82, 2.24) is 0 Å². The van der Waals surface area contributed by atoms with Crippen LogP contribution in [-0.4, -0.2) is 24.5 Å². The lowest BCUT2D eigenvalue weighted by Crippen LogP contribution is -2.02. The Bertz CT molecular complexity index is 167. The van der Waals surface area contributed by atoms with E-state index in [0.29, 0.717) is 8.78 Å². The van der Waals surface area contributed by atoms with Crippen molar-refractivity contribution in [3.8, 4) is 0 Å². The third-order valence-corrected chi connectivity index (χ3v) is 4.53. The fourth-order valence-corrected chi connectivity index (χ4v) is 4.42. The molecule has 1 nitrogen and oxygen atoms in total. The number of thiocarbonyl (C=S) groups is 1. The molecular formula is C5H8OS4. The SMILES string of the molecule is O=S1CC[C@H](SC(=S)S)C1. The summed E-state index contributed by atoms with van der Waals surface area (Å²) in [4.78, 5) is 0. The minimum Gasteiger partial charge on any atom is -0.260 e. The van der Waals surface area contributed by atoms with E-state index in [2.05, 4.69) is 12.6 Å². The summed E-state index contributed by atoms with van der Waals surface area (Å²) in [7, 11) is -0.584. The predicted molar refractivity (Wildman–Crippen MR) is 55.5 cm³/mol. The second-order valence-electron chi connectivity index (χ2n) is 2.11. The molecule has 1 rings (SSSR count). The van der Waals surface area contributed by atoms with Gasteiger partial charge in [0.2, 0.25) is 0 Å². The van der Waals surface area contributed by atoms with Gasteiger partial charge in [-0.2, -0.15) is 0 Å². The van der Waals surface area contributed by atoms with Crippen LogP contribution in [0.1, 0.15) is 6.42 Å². The van der Waals surface area contributed by atoms with Gasteiger partial charge >= 0.3 is 0 Å². The molecule has 1 unspecified atom stereocenters. The van der Waals surface area contributed by atoms with Crippen LogP contribution >= 0.6 is 36.6 Å². The molecule has 0 aromatic heterocycles. The molecule has 0 spiro atoms. The summed E-state index contributed by atoms with van der Waals surface area (Å²) in [6.45, 7) is 0. The molecule has 58 valence electrons. The van der Waals surface area contributed by atoms with Crippen LogP contribution in [-0.2, 0) is 10.8 Å². The number of hydrogen-bond donors (Lipinski definition) is 1. The second-order valence-corrected chi connectivity index (χ2v) is 6.76. The normalized spacial score (nSPS) is 32.5. The van der Waals surface area contributed by atoms with Gasteiger partial charge in [-0.1, -0.05) is 12.2 Å². The fourth-order valence-electron chi connectivity index (χ4n) is 0.872. The largest absolute Gasteiger partial charge is 0.260 e. The smallest absolute Gasteiger partial charge is 0.101 e. The number of hydrogen-bond acceptors (Lipinski definition) is 3. The van der Waals surface area contributed by atoms with Crippen LogP contribution in [0.15, 0.2) is 0 Å². The highest BCUT2D eigenvalue weighted by Gasteiger charge is 2.21. The van der Waals surface area contributed by atoms with E-state index in [1.54, 1.807) is 11.8 Å². The maximum Gasteiger partial charge on any atom is 0.101 e. The lowest BCUT2D eigenvalue weighted by molar-refractivity contribution is 0.687.